The molecule has 5 rings (SSSR count). The van der Waals surface area contributed by atoms with E-state index in [-0.39, 0.29) is 24.0 Å². The topological polar surface area (TPSA) is 61.4 Å². The fourth-order valence-corrected chi connectivity index (χ4v) is 5.50. The van der Waals surface area contributed by atoms with E-state index in [0.717, 1.165) is 42.8 Å². The molecule has 3 atom stereocenters. The summed E-state index contributed by atoms with van der Waals surface area (Å²) in [7, 11) is 0. The number of likely N-dealkylation sites (tertiary alicyclic amines) is 1. The third-order valence-corrected chi connectivity index (χ3v) is 7.08. The van der Waals surface area contributed by atoms with Gasteiger partial charge in [0.2, 0.25) is 0 Å². The van der Waals surface area contributed by atoms with Crippen molar-refractivity contribution in [1.29, 1.82) is 0 Å². The Morgan fingerprint density at radius 2 is 2.00 bits per heavy atom. The van der Waals surface area contributed by atoms with Crippen LogP contribution in [-0.2, 0) is 12.8 Å². The van der Waals surface area contributed by atoms with Gasteiger partial charge in [-0.1, -0.05) is 12.1 Å². The van der Waals surface area contributed by atoms with Crippen LogP contribution in [0.25, 0.3) is 0 Å². The fourth-order valence-electron chi connectivity index (χ4n) is 4.87. The number of nitrogens with one attached hydrogen (secondary N) is 2. The predicted molar refractivity (Wildman–Crippen MR) is 106 cm³/mol. The molecule has 2 bridgehead atoms. The van der Waals surface area contributed by atoms with Crippen LogP contribution in [-0.4, -0.2) is 35.5 Å². The zero-order chi connectivity index (χ0) is 18.4. The summed E-state index contributed by atoms with van der Waals surface area (Å²) < 4.78 is 0. The standard InChI is InChI=1S/C21H23N3O2S/c25-20(19-5-2-8-27-19)23-18-11-17-10-15(18)12-24(17)21(26)22-16-7-6-13-3-1-4-14(13)9-16/h2,5-9,15,17-18H,1,3-4,10-12H2,(H,22,26)(H,23,25). The van der Waals surface area contributed by atoms with Gasteiger partial charge in [-0.3, -0.25) is 4.79 Å². The summed E-state index contributed by atoms with van der Waals surface area (Å²) in [6.45, 7) is 0.719. The second kappa shape index (κ2) is 6.68. The molecule has 5 nitrogen and oxygen atoms in total. The molecule has 1 aromatic carbocycles. The average Bonchev–Trinajstić information content (AvgIpc) is 3.43. The zero-order valence-corrected chi connectivity index (χ0v) is 15.9. The van der Waals surface area contributed by atoms with E-state index < -0.39 is 0 Å². The number of urea groups is 1. The molecule has 140 valence electrons. The van der Waals surface area contributed by atoms with E-state index in [1.54, 1.807) is 0 Å². The van der Waals surface area contributed by atoms with Gasteiger partial charge in [0.05, 0.1) is 4.88 Å². The molecule has 2 aliphatic carbocycles. The first-order valence-electron chi connectivity index (χ1n) is 9.71. The van der Waals surface area contributed by atoms with Gasteiger partial charge < -0.3 is 15.5 Å². The lowest BCUT2D eigenvalue weighted by Crippen LogP contribution is -2.48. The highest BCUT2D eigenvalue weighted by atomic mass is 32.1. The number of thiophene rings is 1. The van der Waals surface area contributed by atoms with Crippen molar-refractivity contribution < 1.29 is 9.59 Å². The quantitative estimate of drug-likeness (QED) is 0.852. The van der Waals surface area contributed by atoms with Gasteiger partial charge >= 0.3 is 6.03 Å². The number of carbonyl (C=O) groups is 2. The molecule has 3 unspecified atom stereocenters. The van der Waals surface area contributed by atoms with Crippen LogP contribution in [0.1, 0.15) is 40.1 Å². The average molecular weight is 382 g/mol. The first-order valence-corrected chi connectivity index (χ1v) is 10.6. The Bertz CT molecular complexity index is 880. The van der Waals surface area contributed by atoms with Gasteiger partial charge in [0, 0.05) is 24.3 Å². The first-order chi connectivity index (χ1) is 13.2. The van der Waals surface area contributed by atoms with Crippen LogP contribution < -0.4 is 10.6 Å². The van der Waals surface area contributed by atoms with Crippen LogP contribution in [0.2, 0.25) is 0 Å². The summed E-state index contributed by atoms with van der Waals surface area (Å²) in [6, 6.07) is 10.4. The number of rotatable bonds is 3. The maximum Gasteiger partial charge on any atom is 0.322 e. The van der Waals surface area contributed by atoms with Crippen LogP contribution in [0.4, 0.5) is 10.5 Å². The third kappa shape index (κ3) is 3.12. The second-order valence-electron chi connectivity index (χ2n) is 7.86. The van der Waals surface area contributed by atoms with Crippen molar-refractivity contribution in [3.05, 3.63) is 51.7 Å². The van der Waals surface area contributed by atoms with Crippen molar-refractivity contribution in [2.45, 2.75) is 44.2 Å². The first kappa shape index (κ1) is 16.8. The number of anilines is 1. The zero-order valence-electron chi connectivity index (χ0n) is 15.1. The molecule has 3 aliphatic rings. The van der Waals surface area contributed by atoms with E-state index in [1.807, 2.05) is 28.5 Å². The molecule has 2 N–H and O–H groups in total. The molecule has 2 aromatic rings. The summed E-state index contributed by atoms with van der Waals surface area (Å²) in [5, 5.41) is 8.16. The Hall–Kier alpha value is -2.34. The maximum atomic E-state index is 12.7. The highest BCUT2D eigenvalue weighted by molar-refractivity contribution is 7.12. The lowest BCUT2D eigenvalue weighted by molar-refractivity contribution is 0.0919. The van der Waals surface area contributed by atoms with Gasteiger partial charge in [-0.05, 0) is 72.7 Å². The van der Waals surface area contributed by atoms with E-state index in [9.17, 15) is 9.59 Å². The minimum absolute atomic E-state index is 0.0107. The number of benzene rings is 1. The molecule has 3 amide bonds. The summed E-state index contributed by atoms with van der Waals surface area (Å²) in [5.41, 5.74) is 3.68. The summed E-state index contributed by atoms with van der Waals surface area (Å²) in [4.78, 5) is 27.7. The molecule has 2 fully saturated rings. The monoisotopic (exact) mass is 381 g/mol. The number of fused-ring (bicyclic) bond motifs is 3. The van der Waals surface area contributed by atoms with E-state index in [4.69, 9.17) is 0 Å². The summed E-state index contributed by atoms with van der Waals surface area (Å²) in [6.07, 6.45) is 5.30. The van der Waals surface area contributed by atoms with Gasteiger partial charge in [0.1, 0.15) is 0 Å². The van der Waals surface area contributed by atoms with Crippen molar-refractivity contribution in [1.82, 2.24) is 10.2 Å². The van der Waals surface area contributed by atoms with Crippen LogP contribution >= 0.6 is 11.3 Å². The third-order valence-electron chi connectivity index (χ3n) is 6.21. The van der Waals surface area contributed by atoms with Gasteiger partial charge in [0.25, 0.3) is 5.91 Å². The number of hydrogen-bond donors (Lipinski definition) is 2. The lowest BCUT2D eigenvalue weighted by Gasteiger charge is -2.32. The normalized spacial score (nSPS) is 25.5. The van der Waals surface area contributed by atoms with Crippen LogP contribution in [0.5, 0.6) is 0 Å². The Morgan fingerprint density at radius 3 is 2.78 bits per heavy atom. The number of piperidine rings is 1. The van der Waals surface area contributed by atoms with Gasteiger partial charge in [0.15, 0.2) is 0 Å². The van der Waals surface area contributed by atoms with Gasteiger partial charge in [-0.2, -0.15) is 0 Å². The van der Waals surface area contributed by atoms with Gasteiger partial charge in [-0.15, -0.1) is 11.3 Å². The van der Waals surface area contributed by atoms with E-state index in [1.165, 1.54) is 28.9 Å². The SMILES string of the molecule is O=C(NC1CC2CC1CN2C(=O)Nc1ccc2c(c1)CCC2)c1cccs1. The molecule has 6 heteroatoms. The van der Waals surface area contributed by atoms with Crippen molar-refractivity contribution in [2.24, 2.45) is 5.92 Å². The fraction of sp³-hybridized carbons (Fsp3) is 0.429. The van der Waals surface area contributed by atoms with Crippen LogP contribution in [0, 0.1) is 5.92 Å². The molecule has 2 heterocycles. The predicted octanol–water partition coefficient (Wildman–Crippen LogP) is 3.66. The Kier molecular flexibility index (Phi) is 4.16. The molecule has 1 saturated heterocycles. The molecule has 0 radical (unpaired) electrons. The number of hydrogen-bond acceptors (Lipinski definition) is 3. The Balaban J connectivity index is 1.19. The molecule has 27 heavy (non-hydrogen) atoms. The Labute approximate surface area is 162 Å². The summed E-state index contributed by atoms with van der Waals surface area (Å²) >= 11 is 1.46. The minimum atomic E-state index is -0.0107. The van der Waals surface area contributed by atoms with E-state index in [2.05, 4.69) is 22.8 Å². The number of amides is 3. The molecule has 1 aromatic heterocycles. The van der Waals surface area contributed by atoms with E-state index >= 15 is 0 Å². The lowest BCUT2D eigenvalue weighted by atomic mass is 10.0. The van der Waals surface area contributed by atoms with Gasteiger partial charge in [-0.25, -0.2) is 4.79 Å². The van der Waals surface area contributed by atoms with Crippen LogP contribution in [0.3, 0.4) is 0 Å². The maximum absolute atomic E-state index is 12.7. The highest BCUT2D eigenvalue weighted by Gasteiger charge is 2.47. The smallest absolute Gasteiger partial charge is 0.322 e. The molecule has 1 aliphatic heterocycles. The van der Waals surface area contributed by atoms with Crippen LogP contribution in [0.15, 0.2) is 35.7 Å². The largest absolute Gasteiger partial charge is 0.348 e. The van der Waals surface area contributed by atoms with Crippen molar-refractivity contribution in [2.75, 3.05) is 11.9 Å². The second-order valence-corrected chi connectivity index (χ2v) is 8.81. The highest BCUT2D eigenvalue weighted by Crippen LogP contribution is 2.38. The molecule has 1 saturated carbocycles. The minimum Gasteiger partial charge on any atom is -0.348 e. The summed E-state index contributed by atoms with van der Waals surface area (Å²) in [5.74, 6) is 0.362. The van der Waals surface area contributed by atoms with Crippen molar-refractivity contribution in [3.8, 4) is 0 Å². The van der Waals surface area contributed by atoms with E-state index in [0.29, 0.717) is 5.92 Å². The van der Waals surface area contributed by atoms with Crippen molar-refractivity contribution >= 4 is 29.0 Å². The number of nitrogens with zero attached hydrogens (tertiary/aromatic N) is 1. The Morgan fingerprint density at radius 1 is 1.11 bits per heavy atom. The van der Waals surface area contributed by atoms with Crippen molar-refractivity contribution in [3.63, 3.8) is 0 Å². The molecular formula is C21H23N3O2S. The number of aryl methyl sites for hydroxylation is 2. The molecular weight excluding hydrogens is 358 g/mol. The number of carbonyl (C=O) groups excluding carboxylic acids is 2. The molecule has 0 spiro atoms.